The zero-order valence-corrected chi connectivity index (χ0v) is 17.2. The van der Waals surface area contributed by atoms with E-state index in [1.54, 1.807) is 29.6 Å². The van der Waals surface area contributed by atoms with Crippen LogP contribution in [0.2, 0.25) is 0 Å². The molecule has 0 radical (unpaired) electrons. The van der Waals surface area contributed by atoms with Gasteiger partial charge in [0, 0.05) is 17.5 Å². The number of amides is 1. The van der Waals surface area contributed by atoms with Crippen molar-refractivity contribution in [2.24, 2.45) is 0 Å². The van der Waals surface area contributed by atoms with Crippen molar-refractivity contribution >= 4 is 38.1 Å². The summed E-state index contributed by atoms with van der Waals surface area (Å²) in [6.45, 7) is 3.86. The Hall–Kier alpha value is -2.71. The number of aryl methyl sites for hydroxylation is 3. The summed E-state index contributed by atoms with van der Waals surface area (Å²) in [5.41, 5.74) is 3.49. The van der Waals surface area contributed by atoms with Crippen LogP contribution in [-0.4, -0.2) is 19.3 Å². The van der Waals surface area contributed by atoms with Gasteiger partial charge in [0.15, 0.2) is 5.13 Å². The van der Waals surface area contributed by atoms with E-state index in [0.29, 0.717) is 12.1 Å². The normalized spacial score (nSPS) is 11.2. The van der Waals surface area contributed by atoms with Crippen LogP contribution in [-0.2, 0) is 21.2 Å². The molecule has 0 spiro atoms. The monoisotopic (exact) mass is 415 g/mol. The molecule has 0 atom stereocenters. The maximum absolute atomic E-state index is 12.4. The van der Waals surface area contributed by atoms with Gasteiger partial charge in [0.1, 0.15) is 0 Å². The summed E-state index contributed by atoms with van der Waals surface area (Å²) in [4.78, 5) is 16.6. The molecule has 0 fully saturated rings. The molecule has 0 saturated carbocycles. The number of anilines is 2. The Morgan fingerprint density at radius 1 is 1.07 bits per heavy atom. The molecule has 146 valence electrons. The van der Waals surface area contributed by atoms with Gasteiger partial charge in [-0.2, -0.15) is 0 Å². The van der Waals surface area contributed by atoms with Gasteiger partial charge in [-0.1, -0.05) is 29.8 Å². The molecule has 1 heterocycles. The van der Waals surface area contributed by atoms with Crippen molar-refractivity contribution in [2.75, 3.05) is 10.0 Å². The third-order valence-corrected chi connectivity index (χ3v) is 6.31. The van der Waals surface area contributed by atoms with E-state index in [1.165, 1.54) is 11.3 Å². The first-order chi connectivity index (χ1) is 13.3. The van der Waals surface area contributed by atoms with E-state index in [9.17, 15) is 13.2 Å². The molecule has 1 amide bonds. The number of thiazole rings is 1. The molecule has 0 unspecified atom stereocenters. The summed E-state index contributed by atoms with van der Waals surface area (Å²) in [6, 6.07) is 14.2. The average molecular weight is 416 g/mol. The van der Waals surface area contributed by atoms with E-state index in [-0.39, 0.29) is 22.4 Å². The molecule has 0 aliphatic carbocycles. The highest BCUT2D eigenvalue weighted by molar-refractivity contribution is 7.93. The second-order valence-electron chi connectivity index (χ2n) is 6.48. The van der Waals surface area contributed by atoms with Crippen LogP contribution >= 0.6 is 11.3 Å². The molecule has 3 aromatic rings. The second kappa shape index (κ2) is 8.53. The molecule has 3 rings (SSSR count). The van der Waals surface area contributed by atoms with Gasteiger partial charge in [0.25, 0.3) is 10.0 Å². The van der Waals surface area contributed by atoms with E-state index in [4.69, 9.17) is 0 Å². The van der Waals surface area contributed by atoms with Gasteiger partial charge in [-0.05, 0) is 50.1 Å². The van der Waals surface area contributed by atoms with Crippen molar-refractivity contribution in [1.82, 2.24) is 4.98 Å². The van der Waals surface area contributed by atoms with Gasteiger partial charge < -0.3 is 5.32 Å². The first-order valence-electron chi connectivity index (χ1n) is 8.72. The maximum Gasteiger partial charge on any atom is 0.263 e. The second-order valence-corrected chi connectivity index (χ2v) is 9.02. The first-order valence-corrected chi connectivity index (χ1v) is 11.1. The average Bonchev–Trinajstić information content (AvgIpc) is 3.07. The number of rotatable bonds is 7. The minimum Gasteiger partial charge on any atom is -0.326 e. The zero-order valence-electron chi connectivity index (χ0n) is 15.6. The summed E-state index contributed by atoms with van der Waals surface area (Å²) in [6.07, 6.45) is 0.697. The highest BCUT2D eigenvalue weighted by Crippen LogP contribution is 2.21. The molecule has 1 aromatic heterocycles. The summed E-state index contributed by atoms with van der Waals surface area (Å²) in [5.74, 6) is -0.111. The predicted octanol–water partition coefficient (Wildman–Crippen LogP) is 4.13. The van der Waals surface area contributed by atoms with Gasteiger partial charge in [-0.15, -0.1) is 11.3 Å². The molecule has 0 aliphatic rings. The number of sulfonamides is 1. The topological polar surface area (TPSA) is 88.2 Å². The lowest BCUT2D eigenvalue weighted by atomic mass is 10.2. The minimum atomic E-state index is -3.67. The molecule has 0 saturated heterocycles. The zero-order chi connectivity index (χ0) is 20.1. The fourth-order valence-corrected chi connectivity index (χ4v) is 4.55. The van der Waals surface area contributed by atoms with Crippen LogP contribution in [0.15, 0.2) is 58.8 Å². The Balaban J connectivity index is 1.56. The van der Waals surface area contributed by atoms with Crippen molar-refractivity contribution in [3.05, 3.63) is 70.7 Å². The predicted molar refractivity (Wildman–Crippen MR) is 112 cm³/mol. The lowest BCUT2D eigenvalue weighted by molar-refractivity contribution is -0.116. The standard InChI is InChI=1S/C20H21N3O3S2/c1-14-6-9-18(10-7-14)28(25,26)23-20-22-17(13-27-20)8-11-19(24)21-16-5-3-4-15(2)12-16/h3-7,9-10,12-13H,8,11H2,1-2H3,(H,21,24)(H,22,23). The van der Waals surface area contributed by atoms with Gasteiger partial charge in [0.2, 0.25) is 5.91 Å². The number of benzene rings is 2. The van der Waals surface area contributed by atoms with Crippen molar-refractivity contribution in [3.8, 4) is 0 Å². The Labute approximate surface area is 168 Å². The number of carbonyl (C=O) groups excluding carboxylic acids is 1. The van der Waals surface area contributed by atoms with E-state index in [0.717, 1.165) is 16.8 Å². The van der Waals surface area contributed by atoms with E-state index in [2.05, 4.69) is 15.0 Å². The number of nitrogens with one attached hydrogen (secondary N) is 2. The third kappa shape index (κ3) is 5.40. The number of hydrogen-bond donors (Lipinski definition) is 2. The number of carbonyl (C=O) groups is 1. The lowest BCUT2D eigenvalue weighted by Gasteiger charge is -2.06. The largest absolute Gasteiger partial charge is 0.326 e. The van der Waals surface area contributed by atoms with Crippen molar-refractivity contribution < 1.29 is 13.2 Å². The van der Waals surface area contributed by atoms with Crippen LogP contribution in [0.25, 0.3) is 0 Å². The lowest BCUT2D eigenvalue weighted by Crippen LogP contribution is -2.13. The highest BCUT2D eigenvalue weighted by Gasteiger charge is 2.16. The molecule has 0 aliphatic heterocycles. The third-order valence-electron chi connectivity index (χ3n) is 4.01. The Kier molecular flexibility index (Phi) is 6.11. The molecule has 6 nitrogen and oxygen atoms in total. The number of hydrogen-bond acceptors (Lipinski definition) is 5. The van der Waals surface area contributed by atoms with Gasteiger partial charge >= 0.3 is 0 Å². The van der Waals surface area contributed by atoms with Gasteiger partial charge in [0.05, 0.1) is 10.6 Å². The first kappa shape index (κ1) is 20.0. The molecule has 2 aromatic carbocycles. The Morgan fingerprint density at radius 3 is 2.54 bits per heavy atom. The molecule has 8 heteroatoms. The van der Waals surface area contributed by atoms with Crippen LogP contribution < -0.4 is 10.0 Å². The SMILES string of the molecule is Cc1ccc(S(=O)(=O)Nc2nc(CCC(=O)Nc3cccc(C)c3)cs2)cc1. The van der Waals surface area contributed by atoms with Gasteiger partial charge in [-0.25, -0.2) is 13.4 Å². The molecule has 0 bridgehead atoms. The molecular formula is C20H21N3O3S2. The highest BCUT2D eigenvalue weighted by atomic mass is 32.2. The fourth-order valence-electron chi connectivity index (χ4n) is 2.55. The van der Waals surface area contributed by atoms with Crippen LogP contribution in [0.5, 0.6) is 0 Å². The molecular weight excluding hydrogens is 394 g/mol. The Bertz CT molecular complexity index is 1070. The van der Waals surface area contributed by atoms with Crippen LogP contribution in [0.1, 0.15) is 23.2 Å². The fraction of sp³-hybridized carbons (Fsp3) is 0.200. The van der Waals surface area contributed by atoms with E-state index < -0.39 is 10.0 Å². The summed E-state index contributed by atoms with van der Waals surface area (Å²) < 4.78 is 27.3. The Morgan fingerprint density at radius 2 is 1.82 bits per heavy atom. The quantitative estimate of drug-likeness (QED) is 0.607. The van der Waals surface area contributed by atoms with E-state index >= 15 is 0 Å². The maximum atomic E-state index is 12.4. The van der Waals surface area contributed by atoms with Crippen molar-refractivity contribution in [2.45, 2.75) is 31.6 Å². The van der Waals surface area contributed by atoms with Crippen LogP contribution in [0, 0.1) is 13.8 Å². The van der Waals surface area contributed by atoms with E-state index in [1.807, 2.05) is 38.1 Å². The minimum absolute atomic E-state index is 0.111. The number of nitrogens with zero attached hydrogens (tertiary/aromatic N) is 1. The number of aromatic nitrogens is 1. The summed E-state index contributed by atoms with van der Waals surface area (Å²) >= 11 is 1.20. The van der Waals surface area contributed by atoms with Crippen LogP contribution in [0.4, 0.5) is 10.8 Å². The van der Waals surface area contributed by atoms with Crippen molar-refractivity contribution in [3.63, 3.8) is 0 Å². The smallest absolute Gasteiger partial charge is 0.263 e. The van der Waals surface area contributed by atoms with Gasteiger partial charge in [-0.3, -0.25) is 9.52 Å². The van der Waals surface area contributed by atoms with Crippen molar-refractivity contribution in [1.29, 1.82) is 0 Å². The molecule has 28 heavy (non-hydrogen) atoms. The van der Waals surface area contributed by atoms with Crippen LogP contribution in [0.3, 0.4) is 0 Å². The molecule has 2 N–H and O–H groups in total. The summed E-state index contributed by atoms with van der Waals surface area (Å²) in [7, 11) is -3.67. The summed E-state index contributed by atoms with van der Waals surface area (Å²) in [5, 5.41) is 4.89.